The highest BCUT2D eigenvalue weighted by Crippen LogP contribution is 2.51. The zero-order valence-corrected chi connectivity index (χ0v) is 23.4. The molecular formula is C22H35N4O15P. The van der Waals surface area contributed by atoms with E-state index in [0.29, 0.717) is 0 Å². The number of carboxylic acids is 1. The Balaban J connectivity index is 1.79. The number of carbonyl (C=O) groups is 2. The number of aromatic nitrogens is 2. The quantitative estimate of drug-likeness (QED) is 0.102. The van der Waals surface area contributed by atoms with Crippen LogP contribution in [0.4, 0.5) is 5.82 Å². The van der Waals surface area contributed by atoms with Gasteiger partial charge in [0.25, 0.3) is 5.79 Å². The number of phosphoric acid groups is 1. The van der Waals surface area contributed by atoms with Gasteiger partial charge >= 0.3 is 19.5 Å². The third-order valence-electron chi connectivity index (χ3n) is 6.82. The number of ether oxygens (including phenoxy) is 2. The van der Waals surface area contributed by atoms with Crippen molar-refractivity contribution in [3.63, 3.8) is 0 Å². The molecule has 11 atom stereocenters. The second-order valence-corrected chi connectivity index (χ2v) is 11.1. The molecule has 6 unspecified atom stereocenters. The van der Waals surface area contributed by atoms with Crippen molar-refractivity contribution < 1.29 is 68.2 Å². The van der Waals surface area contributed by atoms with Gasteiger partial charge in [-0.25, -0.2) is 18.7 Å². The van der Waals surface area contributed by atoms with Crippen LogP contribution in [0.3, 0.4) is 0 Å². The summed E-state index contributed by atoms with van der Waals surface area (Å²) >= 11 is 0. The Hall–Kier alpha value is -2.55. The van der Waals surface area contributed by atoms with E-state index in [1.807, 2.05) is 0 Å². The molecule has 0 aliphatic carbocycles. The van der Waals surface area contributed by atoms with Crippen LogP contribution >= 0.6 is 7.82 Å². The number of carboxylic acid groups (broad SMARTS) is 1. The SMILES string of the molecule is CCC(=O)NC1C(O)CC(OP(=O)(O)OC[C@H]2O[C@@H](n3ccc(N)nc3=O)C(O)[C@H]2O)(C(=O)O)OC1[C@H](O)[C@H](O)CC. The zero-order chi connectivity index (χ0) is 31.6. The molecule has 2 saturated heterocycles. The first kappa shape index (κ1) is 33.9. The minimum atomic E-state index is -5.47. The maximum absolute atomic E-state index is 12.9. The molecule has 238 valence electrons. The van der Waals surface area contributed by atoms with Gasteiger partial charge in [-0.1, -0.05) is 13.8 Å². The number of nitrogens with zero attached hydrogens (tertiary/aromatic N) is 2. The molecule has 2 aliphatic heterocycles. The number of hydrogen-bond donors (Lipinski definition) is 9. The van der Waals surface area contributed by atoms with Crippen LogP contribution < -0.4 is 16.7 Å². The van der Waals surface area contributed by atoms with Gasteiger partial charge in [0, 0.05) is 19.0 Å². The van der Waals surface area contributed by atoms with Gasteiger partial charge in [0.05, 0.1) is 24.9 Å². The van der Waals surface area contributed by atoms with Gasteiger partial charge in [-0.2, -0.15) is 4.98 Å². The number of rotatable bonds is 12. The fourth-order valence-electron chi connectivity index (χ4n) is 4.50. The maximum Gasteiger partial charge on any atom is 0.475 e. The molecule has 1 aromatic heterocycles. The normalized spacial score (nSPS) is 34.3. The minimum absolute atomic E-state index is 0.0524. The lowest BCUT2D eigenvalue weighted by Gasteiger charge is -2.46. The second-order valence-electron chi connectivity index (χ2n) is 9.77. The molecule has 2 aliphatic rings. The number of aliphatic hydroxyl groups is 5. The van der Waals surface area contributed by atoms with Gasteiger partial charge in [-0.05, 0) is 12.5 Å². The van der Waals surface area contributed by atoms with E-state index < -0.39 is 99.2 Å². The Bertz CT molecular complexity index is 1230. The number of nitrogen functional groups attached to an aromatic ring is 1. The summed E-state index contributed by atoms with van der Waals surface area (Å²) in [4.78, 5) is 50.3. The van der Waals surface area contributed by atoms with E-state index in [2.05, 4.69) is 10.3 Å². The van der Waals surface area contributed by atoms with Crippen LogP contribution in [0.2, 0.25) is 0 Å². The predicted octanol–water partition coefficient (Wildman–Crippen LogP) is -3.46. The van der Waals surface area contributed by atoms with Crippen LogP contribution in [0.25, 0.3) is 0 Å². The molecule has 0 bridgehead atoms. The summed E-state index contributed by atoms with van der Waals surface area (Å²) in [5.74, 6) is -5.89. The smallest absolute Gasteiger partial charge is 0.475 e. The third-order valence-corrected chi connectivity index (χ3v) is 7.83. The average Bonchev–Trinajstić information content (AvgIpc) is 3.20. The van der Waals surface area contributed by atoms with Gasteiger partial charge in [-0.15, -0.1) is 0 Å². The molecule has 3 heterocycles. The molecule has 0 aromatic carbocycles. The summed E-state index contributed by atoms with van der Waals surface area (Å²) in [6.07, 6.45) is -13.6. The lowest BCUT2D eigenvalue weighted by atomic mass is 9.88. The Morgan fingerprint density at radius 3 is 2.52 bits per heavy atom. The zero-order valence-electron chi connectivity index (χ0n) is 22.5. The number of aliphatic carboxylic acids is 1. The molecule has 0 radical (unpaired) electrons. The van der Waals surface area contributed by atoms with Crippen LogP contribution in [0.5, 0.6) is 0 Å². The molecule has 42 heavy (non-hydrogen) atoms. The Morgan fingerprint density at radius 1 is 1.29 bits per heavy atom. The number of carbonyl (C=O) groups excluding carboxylic acids is 1. The first-order valence-electron chi connectivity index (χ1n) is 12.8. The van der Waals surface area contributed by atoms with E-state index in [4.69, 9.17) is 24.3 Å². The van der Waals surface area contributed by atoms with E-state index in [1.165, 1.54) is 19.9 Å². The summed E-state index contributed by atoms with van der Waals surface area (Å²) in [6.45, 7) is 1.98. The molecule has 0 spiro atoms. The van der Waals surface area contributed by atoms with Crippen molar-refractivity contribution in [1.29, 1.82) is 0 Å². The minimum Gasteiger partial charge on any atom is -0.477 e. The van der Waals surface area contributed by atoms with E-state index in [9.17, 15) is 54.5 Å². The van der Waals surface area contributed by atoms with E-state index in [0.717, 1.165) is 10.8 Å². The Labute approximate surface area is 238 Å². The summed E-state index contributed by atoms with van der Waals surface area (Å²) in [7, 11) is -5.47. The molecule has 0 saturated carbocycles. The molecule has 1 aromatic rings. The largest absolute Gasteiger partial charge is 0.477 e. The fourth-order valence-corrected chi connectivity index (χ4v) is 5.46. The fraction of sp³-hybridized carbons (Fsp3) is 0.727. The van der Waals surface area contributed by atoms with Gasteiger partial charge < -0.3 is 56.1 Å². The number of amides is 1. The van der Waals surface area contributed by atoms with Crippen LogP contribution in [-0.2, 0) is 32.7 Å². The van der Waals surface area contributed by atoms with Crippen molar-refractivity contribution in [2.75, 3.05) is 12.3 Å². The molecule has 20 heteroatoms. The first-order chi connectivity index (χ1) is 19.6. The topological polar surface area (TPSA) is 303 Å². The molecular weight excluding hydrogens is 591 g/mol. The van der Waals surface area contributed by atoms with Crippen molar-refractivity contribution in [3.8, 4) is 0 Å². The highest BCUT2D eigenvalue weighted by atomic mass is 31.2. The Kier molecular flexibility index (Phi) is 10.8. The lowest BCUT2D eigenvalue weighted by molar-refractivity contribution is -0.288. The number of anilines is 1. The maximum atomic E-state index is 12.9. The number of aliphatic hydroxyl groups excluding tert-OH is 5. The molecule has 2 fully saturated rings. The van der Waals surface area contributed by atoms with Crippen molar-refractivity contribution in [1.82, 2.24) is 14.9 Å². The Morgan fingerprint density at radius 2 is 1.95 bits per heavy atom. The lowest BCUT2D eigenvalue weighted by Crippen LogP contribution is -2.67. The molecule has 1 amide bonds. The highest BCUT2D eigenvalue weighted by molar-refractivity contribution is 7.47. The van der Waals surface area contributed by atoms with E-state index >= 15 is 0 Å². The van der Waals surface area contributed by atoms with Crippen LogP contribution in [0.15, 0.2) is 17.1 Å². The summed E-state index contributed by atoms with van der Waals surface area (Å²) in [5.41, 5.74) is 4.50. The number of nitrogens with one attached hydrogen (secondary N) is 1. The van der Waals surface area contributed by atoms with E-state index in [-0.39, 0.29) is 18.7 Å². The van der Waals surface area contributed by atoms with Crippen LogP contribution in [-0.4, -0.2) is 118 Å². The van der Waals surface area contributed by atoms with Crippen molar-refractivity contribution >= 4 is 25.5 Å². The van der Waals surface area contributed by atoms with Crippen LogP contribution in [0.1, 0.15) is 39.3 Å². The monoisotopic (exact) mass is 626 g/mol. The average molecular weight is 627 g/mol. The van der Waals surface area contributed by atoms with Gasteiger partial charge in [0.1, 0.15) is 36.3 Å². The molecule has 10 N–H and O–H groups in total. The predicted molar refractivity (Wildman–Crippen MR) is 136 cm³/mol. The number of hydrogen-bond acceptors (Lipinski definition) is 15. The van der Waals surface area contributed by atoms with Gasteiger partial charge in [-0.3, -0.25) is 13.9 Å². The number of phosphoric ester groups is 1. The van der Waals surface area contributed by atoms with Crippen LogP contribution in [0, 0.1) is 0 Å². The first-order valence-corrected chi connectivity index (χ1v) is 14.3. The van der Waals surface area contributed by atoms with Crippen molar-refractivity contribution in [2.45, 2.75) is 93.9 Å². The third kappa shape index (κ3) is 7.32. The number of nitrogens with two attached hydrogens (primary N) is 1. The van der Waals surface area contributed by atoms with Gasteiger partial charge in [0.2, 0.25) is 5.91 Å². The van der Waals surface area contributed by atoms with Gasteiger partial charge in [0.15, 0.2) is 6.23 Å². The summed E-state index contributed by atoms with van der Waals surface area (Å²) < 4.78 is 34.2. The standard InChI is InChI=1S/C22H35N4O15P/c1-3-9(27)15(30)18-14(25-13(29)4-2)10(28)7-22(40-18,20(33)34)41-42(36,37)38-8-11-16(31)17(32)19(39-11)26-6-5-12(23)24-21(26)35/h5-6,9-11,14-19,27-28,30-32H,3-4,7-8H2,1-2H3,(H,25,29)(H,33,34)(H,36,37)(H2,23,24,35)/t9-,10?,11-,14?,15-,16+,17?,18?,19-,22?/m1/s1. The second kappa shape index (κ2) is 13.4. The van der Waals surface area contributed by atoms with Crippen molar-refractivity contribution in [3.05, 3.63) is 22.7 Å². The summed E-state index contributed by atoms with van der Waals surface area (Å²) in [5, 5.41) is 64.5. The van der Waals surface area contributed by atoms with E-state index in [1.54, 1.807) is 0 Å². The summed E-state index contributed by atoms with van der Waals surface area (Å²) in [6, 6.07) is -0.231. The molecule has 19 nitrogen and oxygen atoms in total. The molecule has 3 rings (SSSR count). The van der Waals surface area contributed by atoms with Crippen molar-refractivity contribution in [2.24, 2.45) is 0 Å². The highest BCUT2D eigenvalue weighted by Gasteiger charge is 2.59.